The molecule has 2 heterocycles. The molecule has 1 aliphatic rings. The van der Waals surface area contributed by atoms with E-state index in [0.29, 0.717) is 19.4 Å². The highest BCUT2D eigenvalue weighted by atomic mass is 32.2. The van der Waals surface area contributed by atoms with Gasteiger partial charge < -0.3 is 24.0 Å². The predicted octanol–water partition coefficient (Wildman–Crippen LogP) is 3.34. The third-order valence-electron chi connectivity index (χ3n) is 8.15. The molecule has 1 aromatic heterocycles. The molecule has 2 aromatic carbocycles. The number of fused-ring (bicyclic) bond motifs is 1. The highest BCUT2D eigenvalue weighted by Crippen LogP contribution is 2.29. The van der Waals surface area contributed by atoms with Crippen molar-refractivity contribution >= 4 is 31.6 Å². The number of aliphatic hydroxyl groups excluding tert-OH is 1. The summed E-state index contributed by atoms with van der Waals surface area (Å²) in [5.74, 6) is -0.566. The summed E-state index contributed by atoms with van der Waals surface area (Å²) in [4.78, 5) is 19.9. The molecule has 4 rings (SSSR count). The number of aromatic nitrogens is 2. The molecule has 15 heteroatoms. The number of carbonyl (C=O) groups excluding carboxylic acids is 1. The number of aryl methyl sites for hydroxylation is 1. The molecule has 0 saturated carbocycles. The number of hydrogen-bond donors (Lipinski definition) is 2. The van der Waals surface area contributed by atoms with Crippen LogP contribution in [0.25, 0.3) is 0 Å². The molecule has 258 valence electrons. The standard InChI is InChI=1S/C32H45N5O8S2/c1-23-18-37(24(2)21-38)32(39)28-17-26(34-46(40,41)31-20-35(4)22-33-31)14-15-29(28)45-25(3)11-9-10-16-44-30(23)19-36(5)47(42,43)27-12-7-6-8-13-27/h6-8,12-15,17,20,22-25,30,34,38H,9-11,16,18-19,21H2,1-5H3/t23-,24+,25+,30-/m0/s1. The van der Waals surface area contributed by atoms with Crippen LogP contribution in [0.4, 0.5) is 5.69 Å². The van der Waals surface area contributed by atoms with Crippen LogP contribution in [0, 0.1) is 5.92 Å². The lowest BCUT2D eigenvalue weighted by molar-refractivity contribution is -0.00833. The number of rotatable bonds is 9. The summed E-state index contributed by atoms with van der Waals surface area (Å²) < 4.78 is 70.5. The van der Waals surface area contributed by atoms with Crippen molar-refractivity contribution < 1.29 is 36.2 Å². The second-order valence-electron chi connectivity index (χ2n) is 12.1. The van der Waals surface area contributed by atoms with Crippen LogP contribution in [0.1, 0.15) is 50.4 Å². The van der Waals surface area contributed by atoms with Gasteiger partial charge in [-0.3, -0.25) is 9.52 Å². The fraction of sp³-hybridized carbons (Fsp3) is 0.500. The van der Waals surface area contributed by atoms with E-state index in [9.17, 15) is 26.7 Å². The first kappa shape index (κ1) is 36.3. The largest absolute Gasteiger partial charge is 0.490 e. The van der Waals surface area contributed by atoms with E-state index in [1.807, 2.05) is 13.8 Å². The van der Waals surface area contributed by atoms with Gasteiger partial charge in [-0.1, -0.05) is 25.1 Å². The number of imidazole rings is 1. The number of anilines is 1. The molecule has 47 heavy (non-hydrogen) atoms. The minimum absolute atomic E-state index is 0.0451. The Kier molecular flexibility index (Phi) is 12.1. The van der Waals surface area contributed by atoms with E-state index in [2.05, 4.69) is 9.71 Å². The third-order valence-corrected chi connectivity index (χ3v) is 11.3. The molecule has 0 saturated heterocycles. The maximum atomic E-state index is 14.3. The number of amides is 1. The summed E-state index contributed by atoms with van der Waals surface area (Å²) >= 11 is 0. The zero-order valence-corrected chi connectivity index (χ0v) is 29.1. The van der Waals surface area contributed by atoms with Crippen molar-refractivity contribution in [3.63, 3.8) is 0 Å². The van der Waals surface area contributed by atoms with Gasteiger partial charge >= 0.3 is 0 Å². The number of likely N-dealkylation sites (N-methyl/N-ethyl adjacent to an activating group) is 1. The SMILES string of the molecule is C[C@@H]1CCCCO[C@@H](CN(C)S(=O)(=O)c2ccccc2)[C@@H](C)CN([C@H](C)CO)C(=O)c2cc(NS(=O)(=O)c3cn(C)cn3)ccc2O1. The monoisotopic (exact) mass is 691 g/mol. The van der Waals surface area contributed by atoms with Crippen LogP contribution in [-0.2, 0) is 31.8 Å². The molecule has 4 atom stereocenters. The summed E-state index contributed by atoms with van der Waals surface area (Å²) in [7, 11) is -4.69. The van der Waals surface area contributed by atoms with E-state index in [-0.39, 0.29) is 58.6 Å². The van der Waals surface area contributed by atoms with Crippen molar-refractivity contribution in [3.05, 3.63) is 66.6 Å². The summed E-state index contributed by atoms with van der Waals surface area (Å²) in [5.41, 5.74) is 0.252. The summed E-state index contributed by atoms with van der Waals surface area (Å²) in [6.45, 7) is 5.67. The van der Waals surface area contributed by atoms with Crippen LogP contribution in [0.15, 0.2) is 71.0 Å². The molecule has 0 spiro atoms. The molecule has 0 unspecified atom stereocenters. The first-order valence-electron chi connectivity index (χ1n) is 15.6. The number of sulfonamides is 2. The molecular formula is C32H45N5O8S2. The predicted molar refractivity (Wildman–Crippen MR) is 177 cm³/mol. The van der Waals surface area contributed by atoms with Gasteiger partial charge in [0, 0.05) is 51.6 Å². The lowest BCUT2D eigenvalue weighted by Gasteiger charge is -2.35. The van der Waals surface area contributed by atoms with Gasteiger partial charge in [-0.05, 0) is 63.4 Å². The minimum atomic E-state index is -4.05. The lowest BCUT2D eigenvalue weighted by atomic mass is 10.0. The van der Waals surface area contributed by atoms with Crippen LogP contribution in [0.3, 0.4) is 0 Å². The van der Waals surface area contributed by atoms with Gasteiger partial charge in [0.1, 0.15) is 5.75 Å². The van der Waals surface area contributed by atoms with E-state index < -0.39 is 38.1 Å². The molecular weight excluding hydrogens is 647 g/mol. The average Bonchev–Trinajstić information content (AvgIpc) is 3.49. The summed E-state index contributed by atoms with van der Waals surface area (Å²) in [6, 6.07) is 12.0. The van der Waals surface area contributed by atoms with Gasteiger partial charge in [0.2, 0.25) is 10.0 Å². The fourth-order valence-electron chi connectivity index (χ4n) is 5.31. The summed E-state index contributed by atoms with van der Waals surface area (Å²) in [5, 5.41) is 10.0. The molecule has 1 amide bonds. The molecule has 0 bridgehead atoms. The highest BCUT2D eigenvalue weighted by molar-refractivity contribution is 7.92. The Morgan fingerprint density at radius 2 is 1.83 bits per heavy atom. The molecule has 1 aliphatic heterocycles. The fourth-order valence-corrected chi connectivity index (χ4v) is 7.54. The molecule has 2 N–H and O–H groups in total. The first-order valence-corrected chi connectivity index (χ1v) is 18.5. The van der Waals surface area contributed by atoms with E-state index in [0.717, 1.165) is 6.42 Å². The maximum absolute atomic E-state index is 14.3. The zero-order chi connectivity index (χ0) is 34.4. The van der Waals surface area contributed by atoms with E-state index in [4.69, 9.17) is 9.47 Å². The number of hydrogen-bond acceptors (Lipinski definition) is 9. The van der Waals surface area contributed by atoms with Gasteiger partial charge in [-0.25, -0.2) is 13.4 Å². The Morgan fingerprint density at radius 1 is 1.11 bits per heavy atom. The van der Waals surface area contributed by atoms with Gasteiger partial charge in [0.25, 0.3) is 15.9 Å². The average molecular weight is 692 g/mol. The van der Waals surface area contributed by atoms with Gasteiger partial charge in [0.15, 0.2) is 5.03 Å². The Bertz CT molecular complexity index is 1720. The Morgan fingerprint density at radius 3 is 2.49 bits per heavy atom. The van der Waals surface area contributed by atoms with Gasteiger partial charge in [-0.15, -0.1) is 0 Å². The number of ether oxygens (including phenoxy) is 2. The summed E-state index contributed by atoms with van der Waals surface area (Å²) in [6.07, 6.45) is 4.02. The molecule has 13 nitrogen and oxygen atoms in total. The van der Waals surface area contributed by atoms with Crippen molar-refractivity contribution in [1.82, 2.24) is 18.8 Å². The third kappa shape index (κ3) is 9.11. The van der Waals surface area contributed by atoms with Crippen molar-refractivity contribution in [1.29, 1.82) is 0 Å². The molecule has 0 aliphatic carbocycles. The number of benzene rings is 2. The number of nitrogens with one attached hydrogen (secondary N) is 1. The van der Waals surface area contributed by atoms with Gasteiger partial charge in [-0.2, -0.15) is 12.7 Å². The zero-order valence-electron chi connectivity index (χ0n) is 27.4. The molecule has 3 aromatic rings. The number of carbonyl (C=O) groups is 1. The van der Waals surface area contributed by atoms with E-state index in [1.54, 1.807) is 50.4 Å². The van der Waals surface area contributed by atoms with Crippen molar-refractivity contribution in [2.24, 2.45) is 13.0 Å². The highest BCUT2D eigenvalue weighted by Gasteiger charge is 2.32. The number of aliphatic hydroxyl groups is 1. The normalized spacial score (nSPS) is 21.0. The Labute approximate surface area is 277 Å². The van der Waals surface area contributed by atoms with Crippen LogP contribution >= 0.6 is 0 Å². The second kappa shape index (κ2) is 15.6. The topological polar surface area (TPSA) is 160 Å². The van der Waals surface area contributed by atoms with E-state index in [1.165, 1.54) is 45.5 Å². The van der Waals surface area contributed by atoms with Gasteiger partial charge in [0.05, 0.1) is 41.6 Å². The number of nitrogens with zero attached hydrogens (tertiary/aromatic N) is 4. The van der Waals surface area contributed by atoms with Crippen LogP contribution < -0.4 is 9.46 Å². The van der Waals surface area contributed by atoms with Crippen LogP contribution in [-0.4, -0.2) is 98.2 Å². The smallest absolute Gasteiger partial charge is 0.280 e. The van der Waals surface area contributed by atoms with Crippen molar-refractivity contribution in [2.75, 3.05) is 38.1 Å². The molecule has 0 fully saturated rings. The van der Waals surface area contributed by atoms with Crippen LogP contribution in [0.5, 0.6) is 5.75 Å². The maximum Gasteiger partial charge on any atom is 0.280 e. The van der Waals surface area contributed by atoms with E-state index >= 15 is 0 Å². The molecule has 0 radical (unpaired) electrons. The lowest BCUT2D eigenvalue weighted by Crippen LogP contribution is -2.48. The second-order valence-corrected chi connectivity index (χ2v) is 15.8. The quantitative estimate of drug-likeness (QED) is 0.343. The van der Waals surface area contributed by atoms with Crippen LogP contribution in [0.2, 0.25) is 0 Å². The van der Waals surface area contributed by atoms with Crippen molar-refractivity contribution in [2.45, 2.75) is 68.2 Å². The minimum Gasteiger partial charge on any atom is -0.490 e. The first-order chi connectivity index (χ1) is 22.2. The Hall–Kier alpha value is -3.50. The Balaban J connectivity index is 1.68. The van der Waals surface area contributed by atoms with Crippen molar-refractivity contribution in [3.8, 4) is 5.75 Å².